The maximum absolute atomic E-state index is 11.2. The summed E-state index contributed by atoms with van der Waals surface area (Å²) in [5, 5.41) is 2.77. The second-order valence-electron chi connectivity index (χ2n) is 4.39. The fraction of sp³-hybridized carbons (Fsp3) is 0.500. The van der Waals surface area contributed by atoms with Gasteiger partial charge in [0, 0.05) is 6.42 Å². The third-order valence-electron chi connectivity index (χ3n) is 2.95. The van der Waals surface area contributed by atoms with Gasteiger partial charge in [-0.3, -0.25) is 4.79 Å². The zero-order chi connectivity index (χ0) is 12.8. The molecule has 4 nitrogen and oxygen atoms in total. The first-order chi connectivity index (χ1) is 8.79. The number of likely N-dealkylation sites (N-methyl/N-ethyl adjacent to an activating group) is 1. The Morgan fingerprint density at radius 2 is 2.39 bits per heavy atom. The van der Waals surface area contributed by atoms with Gasteiger partial charge in [-0.2, -0.15) is 0 Å². The van der Waals surface area contributed by atoms with Crippen molar-refractivity contribution in [3.63, 3.8) is 0 Å². The van der Waals surface area contributed by atoms with Gasteiger partial charge in [-0.15, -0.1) is 0 Å². The van der Waals surface area contributed by atoms with Crippen molar-refractivity contribution in [3.05, 3.63) is 29.3 Å². The van der Waals surface area contributed by atoms with E-state index >= 15 is 0 Å². The van der Waals surface area contributed by atoms with Crippen LogP contribution < -0.4 is 10.1 Å². The number of hydrogen-bond donors (Lipinski definition) is 1. The summed E-state index contributed by atoms with van der Waals surface area (Å²) in [7, 11) is 1.73. The number of esters is 1. The number of carbonyl (C=O) groups excluding carboxylic acids is 1. The number of aryl methyl sites for hydroxylation is 1. The molecule has 98 valence electrons. The first-order valence-electron chi connectivity index (χ1n) is 6.34. The third-order valence-corrected chi connectivity index (χ3v) is 2.95. The Bertz CT molecular complexity index is 418. The molecule has 0 radical (unpaired) electrons. The highest BCUT2D eigenvalue weighted by Crippen LogP contribution is 2.25. The maximum atomic E-state index is 11.2. The van der Waals surface area contributed by atoms with Crippen LogP contribution in [0.15, 0.2) is 18.2 Å². The first kappa shape index (κ1) is 12.9. The highest BCUT2D eigenvalue weighted by Gasteiger charge is 2.10. The van der Waals surface area contributed by atoms with Crippen LogP contribution in [0.25, 0.3) is 0 Å². The zero-order valence-electron chi connectivity index (χ0n) is 10.7. The van der Waals surface area contributed by atoms with Gasteiger partial charge in [-0.05, 0) is 37.1 Å². The molecule has 1 heterocycles. The molecule has 0 aromatic heterocycles. The zero-order valence-corrected chi connectivity index (χ0v) is 10.7. The Balaban J connectivity index is 1.84. The van der Waals surface area contributed by atoms with E-state index in [4.69, 9.17) is 9.47 Å². The molecular formula is C14H19NO3. The van der Waals surface area contributed by atoms with E-state index in [1.165, 1.54) is 11.1 Å². The van der Waals surface area contributed by atoms with Crippen LogP contribution in [0.3, 0.4) is 0 Å². The van der Waals surface area contributed by atoms with Crippen LogP contribution in [0.2, 0.25) is 0 Å². The van der Waals surface area contributed by atoms with Crippen molar-refractivity contribution in [3.8, 4) is 5.75 Å². The summed E-state index contributed by atoms with van der Waals surface area (Å²) in [6, 6.07) is 6.20. The molecule has 1 aromatic carbocycles. The Morgan fingerprint density at radius 3 is 3.22 bits per heavy atom. The SMILES string of the molecule is CNCC(=O)OCCc1ccc2c(c1)CCCO2. The smallest absolute Gasteiger partial charge is 0.319 e. The summed E-state index contributed by atoms with van der Waals surface area (Å²) < 4.78 is 10.7. The molecule has 1 aliphatic rings. The number of benzene rings is 1. The monoisotopic (exact) mass is 249 g/mol. The Kier molecular flexibility index (Phi) is 4.59. The standard InChI is InChI=1S/C14H19NO3/c1-15-10-14(16)18-8-6-11-4-5-13-12(9-11)3-2-7-17-13/h4-5,9,15H,2-3,6-8,10H2,1H3. The first-order valence-corrected chi connectivity index (χ1v) is 6.34. The highest BCUT2D eigenvalue weighted by molar-refractivity contribution is 5.71. The molecule has 0 unspecified atom stereocenters. The molecule has 1 aliphatic heterocycles. The quantitative estimate of drug-likeness (QED) is 0.799. The minimum Gasteiger partial charge on any atom is -0.493 e. The van der Waals surface area contributed by atoms with E-state index in [1.807, 2.05) is 12.1 Å². The lowest BCUT2D eigenvalue weighted by Crippen LogP contribution is -2.21. The van der Waals surface area contributed by atoms with Gasteiger partial charge in [0.25, 0.3) is 0 Å². The summed E-state index contributed by atoms with van der Waals surface area (Å²) in [4.78, 5) is 11.2. The summed E-state index contributed by atoms with van der Waals surface area (Å²) in [5.41, 5.74) is 2.46. The number of fused-ring (bicyclic) bond motifs is 1. The summed E-state index contributed by atoms with van der Waals surface area (Å²) in [5.74, 6) is 0.788. The van der Waals surface area contributed by atoms with Crippen molar-refractivity contribution >= 4 is 5.97 Å². The number of hydrogen-bond acceptors (Lipinski definition) is 4. The van der Waals surface area contributed by atoms with Crippen molar-refractivity contribution in [2.24, 2.45) is 0 Å². The van der Waals surface area contributed by atoms with Crippen LogP contribution in [0.4, 0.5) is 0 Å². The van der Waals surface area contributed by atoms with Crippen LogP contribution in [-0.2, 0) is 22.4 Å². The van der Waals surface area contributed by atoms with Gasteiger partial charge in [0.2, 0.25) is 0 Å². The van der Waals surface area contributed by atoms with Crippen LogP contribution in [0, 0.1) is 0 Å². The molecule has 0 bridgehead atoms. The molecule has 0 atom stereocenters. The third kappa shape index (κ3) is 3.47. The van der Waals surface area contributed by atoms with Crippen LogP contribution in [-0.4, -0.2) is 32.8 Å². The molecule has 1 aromatic rings. The summed E-state index contributed by atoms with van der Waals surface area (Å²) in [6.07, 6.45) is 2.90. The molecule has 0 saturated heterocycles. The Morgan fingerprint density at radius 1 is 1.50 bits per heavy atom. The van der Waals surface area contributed by atoms with Gasteiger partial charge in [0.1, 0.15) is 5.75 Å². The van der Waals surface area contributed by atoms with E-state index in [9.17, 15) is 4.79 Å². The largest absolute Gasteiger partial charge is 0.493 e. The fourth-order valence-electron chi connectivity index (χ4n) is 2.05. The maximum Gasteiger partial charge on any atom is 0.319 e. The minimum atomic E-state index is -0.209. The van der Waals surface area contributed by atoms with Crippen molar-refractivity contribution in [1.82, 2.24) is 5.32 Å². The molecule has 0 spiro atoms. The van der Waals surface area contributed by atoms with Gasteiger partial charge in [-0.25, -0.2) is 0 Å². The number of rotatable bonds is 5. The molecular weight excluding hydrogens is 230 g/mol. The lowest BCUT2D eigenvalue weighted by molar-refractivity contribution is -0.142. The molecule has 0 fully saturated rings. The van der Waals surface area contributed by atoms with E-state index in [0.29, 0.717) is 6.61 Å². The molecule has 4 heteroatoms. The van der Waals surface area contributed by atoms with Crippen LogP contribution in [0.1, 0.15) is 17.5 Å². The lowest BCUT2D eigenvalue weighted by Gasteiger charge is -2.17. The van der Waals surface area contributed by atoms with Crippen molar-refractivity contribution in [2.45, 2.75) is 19.3 Å². The van der Waals surface area contributed by atoms with E-state index in [2.05, 4.69) is 11.4 Å². The predicted octanol–water partition coefficient (Wildman–Crippen LogP) is 1.32. The summed E-state index contributed by atoms with van der Waals surface area (Å²) in [6.45, 7) is 1.51. The average Bonchev–Trinajstić information content (AvgIpc) is 2.39. The second-order valence-corrected chi connectivity index (χ2v) is 4.39. The Labute approximate surface area is 107 Å². The van der Waals surface area contributed by atoms with Crippen molar-refractivity contribution in [2.75, 3.05) is 26.8 Å². The number of carbonyl (C=O) groups is 1. The van der Waals surface area contributed by atoms with Crippen LogP contribution >= 0.6 is 0 Å². The lowest BCUT2D eigenvalue weighted by atomic mass is 10.0. The number of nitrogens with one attached hydrogen (secondary N) is 1. The second kappa shape index (κ2) is 6.40. The average molecular weight is 249 g/mol. The highest BCUT2D eigenvalue weighted by atomic mass is 16.5. The van der Waals surface area contributed by atoms with E-state index in [-0.39, 0.29) is 12.5 Å². The van der Waals surface area contributed by atoms with E-state index < -0.39 is 0 Å². The van der Waals surface area contributed by atoms with Crippen molar-refractivity contribution in [1.29, 1.82) is 0 Å². The van der Waals surface area contributed by atoms with Gasteiger partial charge in [0.05, 0.1) is 19.8 Å². The van der Waals surface area contributed by atoms with Gasteiger partial charge in [0.15, 0.2) is 0 Å². The van der Waals surface area contributed by atoms with E-state index in [0.717, 1.165) is 31.6 Å². The van der Waals surface area contributed by atoms with Gasteiger partial charge >= 0.3 is 5.97 Å². The topological polar surface area (TPSA) is 47.6 Å². The molecule has 1 N–H and O–H groups in total. The van der Waals surface area contributed by atoms with Crippen LogP contribution in [0.5, 0.6) is 5.75 Å². The summed E-state index contributed by atoms with van der Waals surface area (Å²) >= 11 is 0. The molecule has 0 aliphatic carbocycles. The molecule has 2 rings (SSSR count). The van der Waals surface area contributed by atoms with E-state index in [1.54, 1.807) is 7.05 Å². The Hall–Kier alpha value is -1.55. The predicted molar refractivity (Wildman–Crippen MR) is 68.8 cm³/mol. The molecule has 0 amide bonds. The normalized spacial score (nSPS) is 13.6. The van der Waals surface area contributed by atoms with Gasteiger partial charge < -0.3 is 14.8 Å². The van der Waals surface area contributed by atoms with Crippen molar-refractivity contribution < 1.29 is 14.3 Å². The number of ether oxygens (including phenoxy) is 2. The molecule has 18 heavy (non-hydrogen) atoms. The fourth-order valence-corrected chi connectivity index (χ4v) is 2.05. The minimum absolute atomic E-state index is 0.209. The molecule has 0 saturated carbocycles. The van der Waals surface area contributed by atoms with Gasteiger partial charge in [-0.1, -0.05) is 12.1 Å².